The summed E-state index contributed by atoms with van der Waals surface area (Å²) in [4.78, 5) is 11.8. The van der Waals surface area contributed by atoms with Gasteiger partial charge in [0.2, 0.25) is 0 Å². The molecular formula is C30H40O3. The summed E-state index contributed by atoms with van der Waals surface area (Å²) in [5.41, 5.74) is 5.01. The highest BCUT2D eigenvalue weighted by atomic mass is 16.5. The predicted octanol–water partition coefficient (Wildman–Crippen LogP) is 8.04. The van der Waals surface area contributed by atoms with Crippen LogP contribution in [0.5, 0.6) is 11.5 Å². The Hall–Kier alpha value is -2.29. The van der Waals surface area contributed by atoms with Crippen LogP contribution in [0.1, 0.15) is 119 Å². The van der Waals surface area contributed by atoms with Gasteiger partial charge in [0, 0.05) is 12.3 Å². The largest absolute Gasteiger partial charge is 0.496 e. The van der Waals surface area contributed by atoms with E-state index in [2.05, 4.69) is 44.2 Å². The zero-order valence-corrected chi connectivity index (χ0v) is 20.9. The van der Waals surface area contributed by atoms with E-state index in [4.69, 9.17) is 9.47 Å². The molecule has 0 spiro atoms. The van der Waals surface area contributed by atoms with Gasteiger partial charge in [0.1, 0.15) is 11.5 Å². The van der Waals surface area contributed by atoms with Gasteiger partial charge in [-0.15, -0.1) is 0 Å². The minimum atomic E-state index is -0.244. The molecule has 2 aliphatic rings. The van der Waals surface area contributed by atoms with Crippen LogP contribution in [-0.2, 0) is 10.2 Å². The maximum absolute atomic E-state index is 11.8. The highest BCUT2D eigenvalue weighted by molar-refractivity contribution is 5.70. The van der Waals surface area contributed by atoms with E-state index in [1.807, 2.05) is 6.07 Å². The van der Waals surface area contributed by atoms with E-state index >= 15 is 0 Å². The second-order valence-electron chi connectivity index (χ2n) is 10.6. The van der Waals surface area contributed by atoms with Crippen molar-refractivity contribution < 1.29 is 14.3 Å². The lowest BCUT2D eigenvalue weighted by molar-refractivity contribution is -0.131. The van der Waals surface area contributed by atoms with Gasteiger partial charge in [0.25, 0.3) is 0 Å². The van der Waals surface area contributed by atoms with Crippen molar-refractivity contribution in [2.24, 2.45) is 0 Å². The first-order chi connectivity index (χ1) is 15.9. The van der Waals surface area contributed by atoms with Crippen LogP contribution in [0.15, 0.2) is 36.4 Å². The molecule has 0 atom stereocenters. The van der Waals surface area contributed by atoms with E-state index in [1.165, 1.54) is 93.4 Å². The first-order valence-corrected chi connectivity index (χ1v) is 12.9. The highest BCUT2D eigenvalue weighted by Gasteiger charge is 2.29. The molecule has 0 N–H and O–H groups in total. The summed E-state index contributed by atoms with van der Waals surface area (Å²) < 4.78 is 11.4. The van der Waals surface area contributed by atoms with Gasteiger partial charge >= 0.3 is 5.97 Å². The van der Waals surface area contributed by atoms with E-state index < -0.39 is 0 Å². The van der Waals surface area contributed by atoms with Crippen molar-refractivity contribution in [3.63, 3.8) is 0 Å². The van der Waals surface area contributed by atoms with Gasteiger partial charge in [-0.05, 0) is 71.9 Å². The average molecular weight is 449 g/mol. The minimum Gasteiger partial charge on any atom is -0.496 e. The van der Waals surface area contributed by atoms with Gasteiger partial charge in [0.05, 0.1) is 7.11 Å². The van der Waals surface area contributed by atoms with E-state index in [-0.39, 0.29) is 11.4 Å². The van der Waals surface area contributed by atoms with E-state index in [0.29, 0.717) is 11.8 Å². The number of esters is 1. The predicted molar refractivity (Wildman–Crippen MR) is 135 cm³/mol. The van der Waals surface area contributed by atoms with Gasteiger partial charge in [-0.3, -0.25) is 4.79 Å². The lowest BCUT2D eigenvalue weighted by Gasteiger charge is -2.31. The average Bonchev–Trinajstić information content (AvgIpc) is 2.84. The molecule has 2 aromatic rings. The molecule has 2 aromatic carbocycles. The molecule has 0 aliphatic heterocycles. The first-order valence-electron chi connectivity index (χ1n) is 12.9. The third kappa shape index (κ3) is 5.28. The molecule has 0 bridgehead atoms. The summed E-state index contributed by atoms with van der Waals surface area (Å²) in [6.07, 6.45) is 12.6. The standard InChI is InChI=1S/C30H40O3/c1-21(31)33-29-18-16-25(20-27(29)23-13-9-6-10-14-23)30(2,3)24-15-17-28(32-4)26(19-24)22-11-7-5-8-12-22/h15-20,22-23H,5-14H2,1-4H3. The summed E-state index contributed by atoms with van der Waals surface area (Å²) in [6, 6.07) is 13.3. The Morgan fingerprint density at radius 3 is 1.67 bits per heavy atom. The molecule has 3 heteroatoms. The second-order valence-corrected chi connectivity index (χ2v) is 10.6. The van der Waals surface area contributed by atoms with Gasteiger partial charge in [-0.1, -0.05) is 76.6 Å². The smallest absolute Gasteiger partial charge is 0.308 e. The Kier molecular flexibility index (Phi) is 7.46. The number of benzene rings is 2. The van der Waals surface area contributed by atoms with Crippen molar-refractivity contribution in [3.8, 4) is 11.5 Å². The third-order valence-electron chi connectivity index (χ3n) is 8.03. The van der Waals surface area contributed by atoms with E-state index in [1.54, 1.807) is 7.11 Å². The fourth-order valence-electron chi connectivity index (χ4n) is 5.94. The minimum absolute atomic E-state index is 0.159. The topological polar surface area (TPSA) is 35.5 Å². The van der Waals surface area contributed by atoms with E-state index in [0.717, 1.165) is 11.5 Å². The number of carbonyl (C=O) groups is 1. The number of hydrogen-bond donors (Lipinski definition) is 0. The van der Waals surface area contributed by atoms with Crippen LogP contribution in [0.2, 0.25) is 0 Å². The molecule has 4 rings (SSSR count). The van der Waals surface area contributed by atoms with E-state index in [9.17, 15) is 4.79 Å². The Bertz CT molecular complexity index is 963. The fourth-order valence-corrected chi connectivity index (χ4v) is 5.94. The Morgan fingerprint density at radius 2 is 1.21 bits per heavy atom. The van der Waals surface area contributed by atoms with Crippen molar-refractivity contribution in [1.29, 1.82) is 0 Å². The molecule has 178 valence electrons. The molecule has 2 fully saturated rings. The van der Waals surface area contributed by atoms with Crippen molar-refractivity contribution >= 4 is 5.97 Å². The van der Waals surface area contributed by atoms with Crippen LogP contribution in [0, 0.1) is 0 Å². The van der Waals surface area contributed by atoms with Crippen LogP contribution in [0.4, 0.5) is 0 Å². The van der Waals surface area contributed by atoms with Gasteiger partial charge in [-0.2, -0.15) is 0 Å². The lowest BCUT2D eigenvalue weighted by atomic mass is 9.74. The lowest BCUT2D eigenvalue weighted by Crippen LogP contribution is -2.21. The second kappa shape index (κ2) is 10.3. The number of methoxy groups -OCH3 is 1. The molecule has 0 heterocycles. The van der Waals surface area contributed by atoms with Crippen LogP contribution >= 0.6 is 0 Å². The number of carbonyl (C=O) groups excluding carboxylic acids is 1. The maximum Gasteiger partial charge on any atom is 0.308 e. The zero-order chi connectivity index (χ0) is 23.4. The van der Waals surface area contributed by atoms with Crippen LogP contribution in [0.25, 0.3) is 0 Å². The Balaban J connectivity index is 1.72. The normalized spacial score (nSPS) is 18.2. The summed E-state index contributed by atoms with van der Waals surface area (Å²) in [6.45, 7) is 6.11. The van der Waals surface area contributed by atoms with Gasteiger partial charge in [0.15, 0.2) is 0 Å². The summed E-state index contributed by atoms with van der Waals surface area (Å²) >= 11 is 0. The van der Waals surface area contributed by atoms with Crippen molar-refractivity contribution in [3.05, 3.63) is 58.7 Å². The molecule has 0 unspecified atom stereocenters. The highest BCUT2D eigenvalue weighted by Crippen LogP contribution is 2.44. The third-order valence-corrected chi connectivity index (χ3v) is 8.03. The van der Waals surface area contributed by atoms with Gasteiger partial charge < -0.3 is 9.47 Å². The number of hydrogen-bond acceptors (Lipinski definition) is 3. The van der Waals surface area contributed by atoms with Crippen molar-refractivity contribution in [2.75, 3.05) is 7.11 Å². The Labute approximate surface area is 199 Å². The van der Waals surface area contributed by atoms with Crippen molar-refractivity contribution in [1.82, 2.24) is 0 Å². The monoisotopic (exact) mass is 448 g/mol. The molecule has 0 radical (unpaired) electrons. The molecule has 2 saturated carbocycles. The molecule has 0 saturated heterocycles. The summed E-state index contributed by atoms with van der Waals surface area (Å²) in [7, 11) is 1.79. The molecular weight excluding hydrogens is 408 g/mol. The maximum atomic E-state index is 11.8. The van der Waals surface area contributed by atoms with Crippen LogP contribution in [-0.4, -0.2) is 13.1 Å². The zero-order valence-electron chi connectivity index (χ0n) is 20.9. The molecule has 2 aliphatic carbocycles. The molecule has 3 nitrogen and oxygen atoms in total. The quantitative estimate of drug-likeness (QED) is 0.331. The first kappa shape index (κ1) is 23.9. The Morgan fingerprint density at radius 1 is 0.758 bits per heavy atom. The number of ether oxygens (including phenoxy) is 2. The van der Waals surface area contributed by atoms with Crippen molar-refractivity contribution in [2.45, 2.75) is 102 Å². The number of rotatable bonds is 6. The molecule has 0 amide bonds. The molecule has 0 aromatic heterocycles. The SMILES string of the molecule is COc1ccc(C(C)(C)c2ccc(OC(C)=O)c(C3CCCCC3)c2)cc1C1CCCCC1. The summed E-state index contributed by atoms with van der Waals surface area (Å²) in [5, 5.41) is 0. The fraction of sp³-hybridized carbons (Fsp3) is 0.567. The van der Waals surface area contributed by atoms with Gasteiger partial charge in [-0.25, -0.2) is 0 Å². The molecule has 33 heavy (non-hydrogen) atoms. The summed E-state index contributed by atoms with van der Waals surface area (Å²) in [5.74, 6) is 2.58. The van der Waals surface area contributed by atoms with Crippen LogP contribution < -0.4 is 9.47 Å². The van der Waals surface area contributed by atoms with Crippen LogP contribution in [0.3, 0.4) is 0 Å².